The predicted molar refractivity (Wildman–Crippen MR) is 205 cm³/mol. The van der Waals surface area contributed by atoms with Crippen LogP contribution in [0.1, 0.15) is 26.0 Å². The second kappa shape index (κ2) is 11.4. The third-order valence-corrected chi connectivity index (χ3v) is 8.32. The van der Waals surface area contributed by atoms with Crippen LogP contribution in [0.25, 0.3) is 89.2 Å². The van der Waals surface area contributed by atoms with Crippen LogP contribution in [0.3, 0.4) is 0 Å². The van der Waals surface area contributed by atoms with Crippen molar-refractivity contribution in [1.82, 2.24) is 24.1 Å². The average molecular weight is 659 g/mol. The van der Waals surface area contributed by atoms with E-state index in [1.807, 2.05) is 12.1 Å². The summed E-state index contributed by atoms with van der Waals surface area (Å²) in [7, 11) is 0. The van der Waals surface area contributed by atoms with E-state index < -0.39 is 149 Å². The molecule has 0 aliphatic rings. The molecule has 5 nitrogen and oxygen atoms in total. The van der Waals surface area contributed by atoms with Gasteiger partial charge in [0.15, 0.2) is 11.6 Å². The lowest BCUT2D eigenvalue weighted by molar-refractivity contribution is 0.953. The molecule has 3 aromatic heterocycles. The van der Waals surface area contributed by atoms with Gasteiger partial charge in [0, 0.05) is 38.4 Å². The van der Waals surface area contributed by atoms with Crippen molar-refractivity contribution in [1.29, 1.82) is 0 Å². The normalized spacial score (nSPS) is 16.9. The van der Waals surface area contributed by atoms with Crippen LogP contribution < -0.4 is 0 Å². The molecule has 0 saturated carbocycles. The van der Waals surface area contributed by atoms with E-state index in [1.54, 1.807) is 53.1 Å². The molecule has 0 aliphatic carbocycles. The Hall–Kier alpha value is -6.85. The quantitative estimate of drug-likeness (QED) is 0.185. The Bertz CT molecular complexity index is 3860. The minimum Gasteiger partial charge on any atom is -0.307 e. The maximum Gasteiger partial charge on any atom is 0.238 e. The van der Waals surface area contributed by atoms with Crippen LogP contribution in [0.15, 0.2) is 175 Å². The number of aromatic nitrogens is 5. The molecule has 10 aromatic rings. The van der Waals surface area contributed by atoms with Gasteiger partial charge in [0.1, 0.15) is 0 Å². The van der Waals surface area contributed by atoms with Crippen molar-refractivity contribution in [3.8, 4) is 45.5 Å². The van der Waals surface area contributed by atoms with Crippen molar-refractivity contribution < 1.29 is 26.0 Å². The molecule has 5 heteroatoms. The Balaban J connectivity index is 1.39. The molecule has 3 heterocycles. The lowest BCUT2D eigenvalue weighted by atomic mass is 10.0. The molecule has 0 aliphatic heterocycles. The summed E-state index contributed by atoms with van der Waals surface area (Å²) >= 11 is 0. The minimum absolute atomic E-state index is 0.185. The van der Waals surface area contributed by atoms with Gasteiger partial charge in [0.25, 0.3) is 0 Å². The maximum absolute atomic E-state index is 9.30. The van der Waals surface area contributed by atoms with Crippen molar-refractivity contribution in [2.24, 2.45) is 0 Å². The first-order valence-electron chi connectivity index (χ1n) is 24.7. The highest BCUT2D eigenvalue weighted by molar-refractivity contribution is 6.23. The number of hydrogen-bond acceptors (Lipinski definition) is 3. The Kier molecular flexibility index (Phi) is 3.45. The van der Waals surface area contributed by atoms with Gasteiger partial charge in [-0.2, -0.15) is 9.97 Å². The molecule has 0 spiro atoms. The van der Waals surface area contributed by atoms with Gasteiger partial charge in [0.2, 0.25) is 5.95 Å². The summed E-state index contributed by atoms with van der Waals surface area (Å²) in [5.74, 6) is -1.48. The lowest BCUT2D eigenvalue weighted by Crippen LogP contribution is -2.07. The fraction of sp³-hybridized carbons (Fsp3) is 0. The van der Waals surface area contributed by atoms with Gasteiger partial charge in [-0.05, 0) is 35.3 Å². The highest BCUT2D eigenvalue weighted by atomic mass is 15.2. The summed E-state index contributed by atoms with van der Waals surface area (Å²) in [6, 6.07) is 3.97. The van der Waals surface area contributed by atoms with E-state index in [4.69, 9.17) is 33.3 Å². The van der Waals surface area contributed by atoms with E-state index >= 15 is 0 Å². The lowest BCUT2D eigenvalue weighted by Gasteiger charge is -2.13. The standard InChI is InChI=1S/C45H29N5/c1-4-14-30(15-5-1)31-24-26-33(27-25-31)44-46-43(32-16-6-2-7-17-32)47-45(48-44)50-40-23-13-11-21-36(40)38-29-28-37-35-20-10-12-22-39(35)49(41(37)42(38)50)34-18-8-3-9-19-34/h1-29H/i1D,2D,3D,4D,5D,6D,7D,8D,9D,14D,15D,16D,17D,18D,19D,24D,25D,26D,27D. The molecule has 0 radical (unpaired) electrons. The SMILES string of the molecule is [2H]c1c([2H])c([2H])c(-c2nc(-c3c([2H])c([2H])c(-c4c([2H])c([2H])c([2H])c([2H])c4[2H])c([2H])c3[2H])nc(-n3c4ccccc4c4ccc5c6ccccc6n(-c6c([2H])c([2H])c([2H])c([2H])c6[2H])c5c43)n2)c([2H])c1[2H]. The number of hydrogen-bond donors (Lipinski definition) is 0. The highest BCUT2D eigenvalue weighted by Gasteiger charge is 2.23. The number of fused-ring (bicyclic) bond motifs is 7. The van der Waals surface area contributed by atoms with E-state index in [1.165, 1.54) is 4.57 Å². The fourth-order valence-electron chi connectivity index (χ4n) is 6.27. The molecule has 7 aromatic carbocycles. The van der Waals surface area contributed by atoms with Gasteiger partial charge in [-0.1, -0.05) is 151 Å². The first-order chi connectivity index (χ1) is 32.7. The van der Waals surface area contributed by atoms with Crippen molar-refractivity contribution in [2.45, 2.75) is 0 Å². The van der Waals surface area contributed by atoms with E-state index in [-0.39, 0.29) is 17.2 Å². The summed E-state index contributed by atoms with van der Waals surface area (Å²) in [6.07, 6.45) is 0. The van der Waals surface area contributed by atoms with Gasteiger partial charge in [0.05, 0.1) is 48.1 Å². The number of para-hydroxylation sites is 3. The first-order valence-corrected chi connectivity index (χ1v) is 15.2. The monoisotopic (exact) mass is 658 g/mol. The predicted octanol–water partition coefficient (Wildman–Crippen LogP) is 11.1. The highest BCUT2D eigenvalue weighted by Crippen LogP contribution is 2.41. The van der Waals surface area contributed by atoms with Crippen LogP contribution in [0, 0.1) is 0 Å². The molecule has 0 unspecified atom stereocenters. The molecule has 0 atom stereocenters. The molecule has 0 N–H and O–H groups in total. The van der Waals surface area contributed by atoms with Gasteiger partial charge in [-0.15, -0.1) is 0 Å². The molecule has 50 heavy (non-hydrogen) atoms. The van der Waals surface area contributed by atoms with Crippen LogP contribution in [0.2, 0.25) is 0 Å². The Morgan fingerprint density at radius 1 is 0.380 bits per heavy atom. The van der Waals surface area contributed by atoms with Crippen molar-refractivity contribution in [3.63, 3.8) is 0 Å². The van der Waals surface area contributed by atoms with E-state index in [9.17, 15) is 2.74 Å². The van der Waals surface area contributed by atoms with E-state index in [0.29, 0.717) is 38.1 Å². The van der Waals surface area contributed by atoms with Gasteiger partial charge >= 0.3 is 0 Å². The third kappa shape index (κ3) is 4.45. The van der Waals surface area contributed by atoms with E-state index in [2.05, 4.69) is 4.98 Å². The number of rotatable bonds is 5. The maximum atomic E-state index is 9.30. The topological polar surface area (TPSA) is 48.5 Å². The second-order valence-electron chi connectivity index (χ2n) is 11.1. The van der Waals surface area contributed by atoms with Crippen LogP contribution in [0.4, 0.5) is 0 Å². The summed E-state index contributed by atoms with van der Waals surface area (Å²) in [4.78, 5) is 14.0. The summed E-state index contributed by atoms with van der Waals surface area (Å²) in [6.45, 7) is 0. The van der Waals surface area contributed by atoms with Crippen LogP contribution in [-0.4, -0.2) is 24.1 Å². The smallest absolute Gasteiger partial charge is 0.238 e. The van der Waals surface area contributed by atoms with Gasteiger partial charge in [-0.25, -0.2) is 4.98 Å². The number of nitrogens with zero attached hydrogens (tertiary/aromatic N) is 5. The Morgan fingerprint density at radius 3 is 1.42 bits per heavy atom. The third-order valence-electron chi connectivity index (χ3n) is 8.32. The molecular weight excluding hydrogens is 611 g/mol. The van der Waals surface area contributed by atoms with Crippen LogP contribution in [-0.2, 0) is 0 Å². The van der Waals surface area contributed by atoms with Gasteiger partial charge in [-0.3, -0.25) is 4.57 Å². The molecule has 10 rings (SSSR count). The zero-order valence-electron chi connectivity index (χ0n) is 44.5. The van der Waals surface area contributed by atoms with Crippen LogP contribution in [0.5, 0.6) is 0 Å². The largest absolute Gasteiger partial charge is 0.307 e. The second-order valence-corrected chi connectivity index (χ2v) is 11.1. The first kappa shape index (κ1) is 15.1. The average Bonchev–Trinajstić information content (AvgIpc) is 3.86. The van der Waals surface area contributed by atoms with Crippen molar-refractivity contribution in [3.05, 3.63) is 175 Å². The molecule has 0 amide bonds. The fourth-order valence-corrected chi connectivity index (χ4v) is 6.27. The van der Waals surface area contributed by atoms with Gasteiger partial charge < -0.3 is 4.57 Å². The Labute approximate surface area is 315 Å². The van der Waals surface area contributed by atoms with E-state index in [0.717, 1.165) is 0 Å². The zero-order valence-corrected chi connectivity index (χ0v) is 25.5. The zero-order chi connectivity index (χ0) is 49.6. The van der Waals surface area contributed by atoms with Crippen molar-refractivity contribution >= 4 is 43.6 Å². The Morgan fingerprint density at radius 2 is 0.820 bits per heavy atom. The number of benzene rings is 7. The minimum atomic E-state index is -0.836. The summed E-state index contributed by atoms with van der Waals surface area (Å²) < 4.78 is 169. The summed E-state index contributed by atoms with van der Waals surface area (Å²) in [5, 5.41) is 2.30. The molecule has 0 saturated heterocycles. The molecule has 0 bridgehead atoms. The van der Waals surface area contributed by atoms with Crippen LogP contribution >= 0.6 is 0 Å². The molecular formula is C45H29N5. The molecule has 234 valence electrons. The molecule has 0 fully saturated rings. The summed E-state index contributed by atoms with van der Waals surface area (Å²) in [5.41, 5.74) is -1.05. The van der Waals surface area contributed by atoms with Crippen molar-refractivity contribution in [2.75, 3.05) is 0 Å².